The van der Waals surface area contributed by atoms with Crippen LogP contribution in [0.15, 0.2) is 53.4 Å². The van der Waals surface area contributed by atoms with Crippen molar-refractivity contribution in [1.29, 1.82) is 0 Å². The number of aryl methyl sites for hydroxylation is 1. The molecule has 1 fully saturated rings. The molecule has 1 saturated carbocycles. The lowest BCUT2D eigenvalue weighted by molar-refractivity contribution is -0.120. The minimum Gasteiger partial charge on any atom is -0.359 e. The van der Waals surface area contributed by atoms with Crippen molar-refractivity contribution in [2.75, 3.05) is 13.3 Å². The first-order valence-electron chi connectivity index (χ1n) is 9.80. The number of aromatic nitrogens is 1. The van der Waals surface area contributed by atoms with Crippen molar-refractivity contribution in [3.8, 4) is 11.3 Å². The third-order valence-electron chi connectivity index (χ3n) is 5.45. The zero-order valence-corrected chi connectivity index (χ0v) is 17.4. The van der Waals surface area contributed by atoms with Crippen molar-refractivity contribution in [2.24, 2.45) is 0 Å². The van der Waals surface area contributed by atoms with E-state index in [1.807, 2.05) is 24.3 Å². The molecule has 0 bridgehead atoms. The highest BCUT2D eigenvalue weighted by atomic mass is 32.2. The Balaban J connectivity index is 1.81. The molecule has 6 heteroatoms. The van der Waals surface area contributed by atoms with Crippen molar-refractivity contribution in [1.82, 2.24) is 10.3 Å². The Labute approximate surface area is 171 Å². The predicted octanol–water partition coefficient (Wildman–Crippen LogP) is 3.86. The van der Waals surface area contributed by atoms with E-state index in [9.17, 15) is 13.2 Å². The maximum atomic E-state index is 11.8. The highest BCUT2D eigenvalue weighted by Gasteiger charge is 2.27. The van der Waals surface area contributed by atoms with Gasteiger partial charge in [0.2, 0.25) is 5.91 Å². The standard InChI is InChI=1S/C23H24N2O3S/c1-24-22(26)13-10-17-4-3-5-19-20(15-6-7-15)14-21(25-23(17)19)16-8-11-18(12-9-16)29(2,27)28/h3-5,8-9,11-12,14-15H,6-7,10,13H2,1-2H3,(H,24,26). The fourth-order valence-corrected chi connectivity index (χ4v) is 4.29. The largest absolute Gasteiger partial charge is 0.359 e. The van der Waals surface area contributed by atoms with Gasteiger partial charge in [0.05, 0.1) is 16.1 Å². The van der Waals surface area contributed by atoms with Gasteiger partial charge in [0.25, 0.3) is 0 Å². The summed E-state index contributed by atoms with van der Waals surface area (Å²) in [6.45, 7) is 0. The Bertz CT molecular complexity index is 1180. The van der Waals surface area contributed by atoms with Crippen LogP contribution in [0.1, 0.15) is 36.3 Å². The fraction of sp³-hybridized carbons (Fsp3) is 0.304. The van der Waals surface area contributed by atoms with E-state index in [-0.39, 0.29) is 5.91 Å². The van der Waals surface area contributed by atoms with Crippen LogP contribution in [-0.2, 0) is 21.1 Å². The molecule has 150 valence electrons. The molecule has 1 amide bonds. The maximum absolute atomic E-state index is 11.8. The monoisotopic (exact) mass is 408 g/mol. The summed E-state index contributed by atoms with van der Waals surface area (Å²) in [6, 6.07) is 15.2. The average Bonchev–Trinajstić information content (AvgIpc) is 3.56. The molecule has 1 aromatic heterocycles. The Morgan fingerprint density at radius 2 is 1.86 bits per heavy atom. The first-order valence-corrected chi connectivity index (χ1v) is 11.7. The van der Waals surface area contributed by atoms with Gasteiger partial charge < -0.3 is 5.32 Å². The molecule has 3 aromatic rings. The molecular formula is C23H24N2O3S. The van der Waals surface area contributed by atoms with Crippen molar-refractivity contribution in [3.63, 3.8) is 0 Å². The molecule has 1 heterocycles. The van der Waals surface area contributed by atoms with Crippen molar-refractivity contribution < 1.29 is 13.2 Å². The number of carbonyl (C=O) groups is 1. The fourth-order valence-electron chi connectivity index (χ4n) is 3.66. The van der Waals surface area contributed by atoms with Gasteiger partial charge in [-0.15, -0.1) is 0 Å². The number of nitrogens with one attached hydrogen (secondary N) is 1. The van der Waals surface area contributed by atoms with E-state index in [2.05, 4.69) is 17.4 Å². The van der Waals surface area contributed by atoms with Crippen LogP contribution >= 0.6 is 0 Å². The van der Waals surface area contributed by atoms with Crippen LogP contribution in [0.3, 0.4) is 0 Å². The van der Waals surface area contributed by atoms with Crippen molar-refractivity contribution in [2.45, 2.75) is 36.5 Å². The second-order valence-corrected chi connectivity index (χ2v) is 9.67. The van der Waals surface area contributed by atoms with Crippen LogP contribution in [0.4, 0.5) is 0 Å². The van der Waals surface area contributed by atoms with E-state index in [0.29, 0.717) is 23.7 Å². The van der Waals surface area contributed by atoms with Gasteiger partial charge >= 0.3 is 0 Å². The quantitative estimate of drug-likeness (QED) is 0.672. The van der Waals surface area contributed by atoms with Gasteiger partial charge in [-0.2, -0.15) is 0 Å². The molecule has 0 unspecified atom stereocenters. The van der Waals surface area contributed by atoms with E-state index < -0.39 is 9.84 Å². The second kappa shape index (κ2) is 7.59. The molecule has 2 aromatic carbocycles. The molecule has 1 aliphatic rings. The number of benzene rings is 2. The van der Waals surface area contributed by atoms with Crippen LogP contribution in [0, 0.1) is 0 Å². The first kappa shape index (κ1) is 19.6. The minimum absolute atomic E-state index is 0.0111. The van der Waals surface area contributed by atoms with Crippen LogP contribution < -0.4 is 5.32 Å². The first-order chi connectivity index (χ1) is 13.9. The highest BCUT2D eigenvalue weighted by molar-refractivity contribution is 7.90. The lowest BCUT2D eigenvalue weighted by Crippen LogP contribution is -2.18. The predicted molar refractivity (Wildman–Crippen MR) is 115 cm³/mol. The van der Waals surface area contributed by atoms with Gasteiger partial charge in [-0.1, -0.05) is 30.3 Å². The number of carbonyl (C=O) groups excluding carboxylic acids is 1. The minimum atomic E-state index is -3.23. The smallest absolute Gasteiger partial charge is 0.220 e. The number of hydrogen-bond donors (Lipinski definition) is 1. The van der Waals surface area contributed by atoms with Gasteiger partial charge in [0.1, 0.15) is 0 Å². The number of para-hydroxylation sites is 1. The zero-order valence-electron chi connectivity index (χ0n) is 16.6. The average molecular weight is 409 g/mol. The van der Waals surface area contributed by atoms with Gasteiger partial charge in [-0.25, -0.2) is 13.4 Å². The zero-order chi connectivity index (χ0) is 20.6. The Morgan fingerprint density at radius 3 is 2.48 bits per heavy atom. The molecule has 0 aliphatic heterocycles. The number of rotatable bonds is 6. The Kier molecular flexibility index (Phi) is 5.13. The number of amides is 1. The third kappa shape index (κ3) is 4.17. The van der Waals surface area contributed by atoms with E-state index in [1.54, 1.807) is 19.2 Å². The summed E-state index contributed by atoms with van der Waals surface area (Å²) in [5, 5.41) is 3.82. The number of fused-ring (bicyclic) bond motifs is 1. The normalized spacial score (nSPS) is 14.1. The van der Waals surface area contributed by atoms with Gasteiger partial charge in [0, 0.05) is 30.7 Å². The summed E-state index contributed by atoms with van der Waals surface area (Å²) in [4.78, 5) is 17.0. The highest BCUT2D eigenvalue weighted by Crippen LogP contribution is 2.44. The Hall–Kier alpha value is -2.73. The summed E-state index contributed by atoms with van der Waals surface area (Å²) in [5.41, 5.74) is 5.01. The lowest BCUT2D eigenvalue weighted by Gasteiger charge is -2.13. The number of sulfone groups is 1. The molecule has 1 N–H and O–H groups in total. The molecule has 1 aliphatic carbocycles. The van der Waals surface area contributed by atoms with E-state index in [4.69, 9.17) is 4.98 Å². The molecule has 4 rings (SSSR count). The van der Waals surface area contributed by atoms with Gasteiger partial charge in [-0.3, -0.25) is 4.79 Å². The summed E-state index contributed by atoms with van der Waals surface area (Å²) in [7, 11) is -1.59. The maximum Gasteiger partial charge on any atom is 0.220 e. The molecular weight excluding hydrogens is 384 g/mol. The number of nitrogens with zero attached hydrogens (tertiary/aromatic N) is 1. The Morgan fingerprint density at radius 1 is 1.14 bits per heavy atom. The third-order valence-corrected chi connectivity index (χ3v) is 6.58. The SMILES string of the molecule is CNC(=O)CCc1cccc2c(C3CC3)cc(-c3ccc(S(C)(=O)=O)cc3)nc12. The van der Waals surface area contributed by atoms with Crippen LogP contribution in [0.2, 0.25) is 0 Å². The van der Waals surface area contributed by atoms with Gasteiger partial charge in [0.15, 0.2) is 9.84 Å². The number of pyridine rings is 1. The molecule has 29 heavy (non-hydrogen) atoms. The topological polar surface area (TPSA) is 76.1 Å². The van der Waals surface area contributed by atoms with Crippen LogP contribution in [0.5, 0.6) is 0 Å². The number of hydrogen-bond acceptors (Lipinski definition) is 4. The van der Waals surface area contributed by atoms with Crippen molar-refractivity contribution in [3.05, 3.63) is 59.7 Å². The van der Waals surface area contributed by atoms with E-state index >= 15 is 0 Å². The van der Waals surface area contributed by atoms with Crippen LogP contribution in [0.25, 0.3) is 22.2 Å². The summed E-state index contributed by atoms with van der Waals surface area (Å²) < 4.78 is 23.5. The second-order valence-electron chi connectivity index (χ2n) is 7.65. The van der Waals surface area contributed by atoms with Crippen molar-refractivity contribution >= 4 is 26.6 Å². The molecule has 0 atom stereocenters. The van der Waals surface area contributed by atoms with E-state index in [1.165, 1.54) is 24.7 Å². The lowest BCUT2D eigenvalue weighted by atomic mass is 9.97. The molecule has 0 spiro atoms. The van der Waals surface area contributed by atoms with E-state index in [0.717, 1.165) is 27.7 Å². The molecule has 5 nitrogen and oxygen atoms in total. The molecule has 0 radical (unpaired) electrons. The van der Waals surface area contributed by atoms with Crippen LogP contribution in [-0.4, -0.2) is 32.6 Å². The summed E-state index contributed by atoms with van der Waals surface area (Å²) in [6.07, 6.45) is 4.61. The van der Waals surface area contributed by atoms with Gasteiger partial charge in [-0.05, 0) is 54.5 Å². The molecule has 0 saturated heterocycles. The summed E-state index contributed by atoms with van der Waals surface area (Å²) in [5.74, 6) is 0.556. The summed E-state index contributed by atoms with van der Waals surface area (Å²) >= 11 is 0.